The van der Waals surface area contributed by atoms with Crippen LogP contribution in [0.25, 0.3) is 10.9 Å². The standard InChI is InChI=1S/C20H24N6O/c21-15-7-9-19(24-17-4-1-5-18(17)27)25-20(15)26(22)12-13-6-8-16-14(11-13)3-2-10-23-16/h2-3,6-11,17-18,27H,1,4-5,12,21-22H2,(H,24,25)/t17?,18-/m1/s1. The summed E-state index contributed by atoms with van der Waals surface area (Å²) in [6.45, 7) is 0.470. The van der Waals surface area contributed by atoms with E-state index in [9.17, 15) is 5.11 Å². The Morgan fingerprint density at radius 2 is 2.07 bits per heavy atom. The van der Waals surface area contributed by atoms with Crippen molar-refractivity contribution in [1.82, 2.24) is 9.97 Å². The second-order valence-corrected chi connectivity index (χ2v) is 7.02. The Morgan fingerprint density at radius 1 is 1.19 bits per heavy atom. The van der Waals surface area contributed by atoms with Crippen LogP contribution in [0.2, 0.25) is 0 Å². The predicted molar refractivity (Wildman–Crippen MR) is 108 cm³/mol. The van der Waals surface area contributed by atoms with E-state index in [1.807, 2.05) is 30.3 Å². The summed E-state index contributed by atoms with van der Waals surface area (Å²) in [5.74, 6) is 7.46. The highest BCUT2D eigenvalue weighted by Crippen LogP contribution is 2.26. The number of fused-ring (bicyclic) bond motifs is 1. The van der Waals surface area contributed by atoms with Crippen molar-refractivity contribution in [2.24, 2.45) is 5.84 Å². The molecule has 1 saturated carbocycles. The molecule has 0 bridgehead atoms. The van der Waals surface area contributed by atoms with Gasteiger partial charge >= 0.3 is 0 Å². The number of benzene rings is 1. The molecule has 140 valence electrons. The van der Waals surface area contributed by atoms with Crippen LogP contribution in [0.5, 0.6) is 0 Å². The Kier molecular flexibility index (Phi) is 4.79. The lowest BCUT2D eigenvalue weighted by Crippen LogP contribution is -2.33. The van der Waals surface area contributed by atoms with Crippen molar-refractivity contribution in [3.8, 4) is 0 Å². The molecule has 7 heteroatoms. The molecule has 2 atom stereocenters. The highest BCUT2D eigenvalue weighted by atomic mass is 16.3. The lowest BCUT2D eigenvalue weighted by molar-refractivity contribution is 0.171. The number of nitrogen functional groups attached to an aromatic ring is 1. The van der Waals surface area contributed by atoms with Crippen molar-refractivity contribution in [2.75, 3.05) is 16.1 Å². The first-order valence-corrected chi connectivity index (χ1v) is 9.17. The van der Waals surface area contributed by atoms with E-state index in [2.05, 4.69) is 21.4 Å². The SMILES string of the molecule is Nc1ccc(NC2CCC[C@H]2O)nc1N(N)Cc1ccc2ncccc2c1. The van der Waals surface area contributed by atoms with Crippen LogP contribution in [0.15, 0.2) is 48.7 Å². The highest BCUT2D eigenvalue weighted by molar-refractivity contribution is 5.79. The maximum absolute atomic E-state index is 10.0. The second kappa shape index (κ2) is 7.38. The second-order valence-electron chi connectivity index (χ2n) is 7.02. The molecule has 0 saturated heterocycles. The summed E-state index contributed by atoms with van der Waals surface area (Å²) in [4.78, 5) is 8.90. The molecule has 7 nitrogen and oxygen atoms in total. The Bertz CT molecular complexity index is 947. The summed E-state index contributed by atoms with van der Waals surface area (Å²) in [7, 11) is 0. The van der Waals surface area contributed by atoms with Gasteiger partial charge in [0.05, 0.1) is 29.9 Å². The molecule has 2 aromatic heterocycles. The number of aliphatic hydroxyl groups is 1. The molecule has 1 unspecified atom stereocenters. The van der Waals surface area contributed by atoms with E-state index in [1.54, 1.807) is 17.3 Å². The quantitative estimate of drug-likeness (QED) is 0.406. The zero-order chi connectivity index (χ0) is 18.8. The molecule has 4 rings (SSSR count). The molecule has 27 heavy (non-hydrogen) atoms. The number of nitrogens with zero attached hydrogens (tertiary/aromatic N) is 3. The van der Waals surface area contributed by atoms with E-state index in [0.29, 0.717) is 23.9 Å². The molecule has 0 spiro atoms. The summed E-state index contributed by atoms with van der Waals surface area (Å²) in [6.07, 6.45) is 4.20. The van der Waals surface area contributed by atoms with Crippen LogP contribution >= 0.6 is 0 Å². The lowest BCUT2D eigenvalue weighted by atomic mass is 10.1. The number of nitrogens with two attached hydrogens (primary N) is 2. The van der Waals surface area contributed by atoms with Gasteiger partial charge in [-0.05, 0) is 55.2 Å². The highest BCUT2D eigenvalue weighted by Gasteiger charge is 2.25. The zero-order valence-corrected chi connectivity index (χ0v) is 15.0. The van der Waals surface area contributed by atoms with Gasteiger partial charge in [0, 0.05) is 11.6 Å². The van der Waals surface area contributed by atoms with E-state index in [0.717, 1.165) is 35.7 Å². The summed E-state index contributed by atoms with van der Waals surface area (Å²) in [5.41, 5.74) is 8.60. The fraction of sp³-hybridized carbons (Fsp3) is 0.300. The van der Waals surface area contributed by atoms with Crippen molar-refractivity contribution in [3.05, 3.63) is 54.2 Å². The molecule has 0 aliphatic heterocycles. The zero-order valence-electron chi connectivity index (χ0n) is 15.0. The Balaban J connectivity index is 1.53. The molecule has 1 fully saturated rings. The summed E-state index contributed by atoms with van der Waals surface area (Å²) in [5, 5.41) is 15.9. The number of hydrogen-bond acceptors (Lipinski definition) is 7. The molecule has 6 N–H and O–H groups in total. The number of hydrogen-bond donors (Lipinski definition) is 4. The van der Waals surface area contributed by atoms with E-state index in [-0.39, 0.29) is 12.1 Å². The molecule has 3 aromatic rings. The Hall–Kier alpha value is -2.90. The minimum atomic E-state index is -0.340. The topological polar surface area (TPSA) is 113 Å². The van der Waals surface area contributed by atoms with Crippen molar-refractivity contribution in [2.45, 2.75) is 38.0 Å². The minimum absolute atomic E-state index is 0.0215. The molecule has 1 aliphatic rings. The smallest absolute Gasteiger partial charge is 0.168 e. The van der Waals surface area contributed by atoms with Crippen molar-refractivity contribution < 1.29 is 5.11 Å². The molecule has 1 aliphatic carbocycles. The fourth-order valence-corrected chi connectivity index (χ4v) is 3.56. The first kappa shape index (κ1) is 17.5. The van der Waals surface area contributed by atoms with Gasteiger partial charge in [-0.15, -0.1) is 0 Å². The third kappa shape index (κ3) is 3.79. The van der Waals surface area contributed by atoms with Gasteiger partial charge < -0.3 is 16.2 Å². The van der Waals surface area contributed by atoms with E-state index in [1.165, 1.54) is 0 Å². The number of aromatic nitrogens is 2. The van der Waals surface area contributed by atoms with E-state index < -0.39 is 0 Å². The third-order valence-corrected chi connectivity index (χ3v) is 5.01. The number of pyridine rings is 2. The van der Waals surface area contributed by atoms with Crippen LogP contribution in [0.1, 0.15) is 24.8 Å². The van der Waals surface area contributed by atoms with Crippen LogP contribution < -0.4 is 21.9 Å². The van der Waals surface area contributed by atoms with Crippen LogP contribution in [0.3, 0.4) is 0 Å². The van der Waals surface area contributed by atoms with Gasteiger partial charge in [0.2, 0.25) is 0 Å². The monoisotopic (exact) mass is 364 g/mol. The van der Waals surface area contributed by atoms with E-state index >= 15 is 0 Å². The number of anilines is 3. The number of aliphatic hydroxyl groups excluding tert-OH is 1. The van der Waals surface area contributed by atoms with Crippen molar-refractivity contribution in [1.29, 1.82) is 0 Å². The lowest BCUT2D eigenvalue weighted by Gasteiger charge is -2.22. The number of hydrazine groups is 1. The van der Waals surface area contributed by atoms with Crippen LogP contribution in [0, 0.1) is 0 Å². The van der Waals surface area contributed by atoms with Gasteiger partial charge in [-0.3, -0.25) is 9.99 Å². The van der Waals surface area contributed by atoms with Gasteiger partial charge in [-0.25, -0.2) is 10.8 Å². The van der Waals surface area contributed by atoms with Crippen molar-refractivity contribution >= 4 is 28.2 Å². The normalized spacial score (nSPS) is 19.3. The Labute approximate surface area is 158 Å². The summed E-state index contributed by atoms with van der Waals surface area (Å²) < 4.78 is 0. The van der Waals surface area contributed by atoms with Crippen LogP contribution in [-0.2, 0) is 6.54 Å². The third-order valence-electron chi connectivity index (χ3n) is 5.01. The molecule has 0 amide bonds. The number of rotatable bonds is 5. The average molecular weight is 364 g/mol. The summed E-state index contributed by atoms with van der Waals surface area (Å²) >= 11 is 0. The number of nitrogens with one attached hydrogen (secondary N) is 1. The predicted octanol–water partition coefficient (Wildman–Crippen LogP) is 2.42. The fourth-order valence-electron chi connectivity index (χ4n) is 3.56. The van der Waals surface area contributed by atoms with Gasteiger partial charge in [0.15, 0.2) is 5.82 Å². The van der Waals surface area contributed by atoms with Gasteiger partial charge in [-0.1, -0.05) is 12.1 Å². The summed E-state index contributed by atoms with van der Waals surface area (Å²) in [6, 6.07) is 13.6. The first-order valence-electron chi connectivity index (χ1n) is 9.17. The minimum Gasteiger partial charge on any atom is -0.396 e. The first-order chi connectivity index (χ1) is 13.1. The maximum atomic E-state index is 10.0. The van der Waals surface area contributed by atoms with E-state index in [4.69, 9.17) is 11.6 Å². The molecule has 0 radical (unpaired) electrons. The molecular formula is C20H24N6O. The maximum Gasteiger partial charge on any atom is 0.168 e. The Morgan fingerprint density at radius 3 is 2.89 bits per heavy atom. The average Bonchev–Trinajstić information content (AvgIpc) is 3.07. The molecule has 1 aromatic carbocycles. The largest absolute Gasteiger partial charge is 0.396 e. The van der Waals surface area contributed by atoms with Crippen LogP contribution in [-0.4, -0.2) is 27.2 Å². The van der Waals surface area contributed by atoms with Gasteiger partial charge in [0.25, 0.3) is 0 Å². The van der Waals surface area contributed by atoms with Gasteiger partial charge in [-0.2, -0.15) is 0 Å². The van der Waals surface area contributed by atoms with Gasteiger partial charge in [0.1, 0.15) is 5.82 Å². The molecule has 2 heterocycles. The van der Waals surface area contributed by atoms with Crippen molar-refractivity contribution in [3.63, 3.8) is 0 Å². The molecular weight excluding hydrogens is 340 g/mol. The van der Waals surface area contributed by atoms with Crippen LogP contribution in [0.4, 0.5) is 17.3 Å².